The van der Waals surface area contributed by atoms with E-state index in [2.05, 4.69) is 6.92 Å². The number of rotatable bonds is 10. The average Bonchev–Trinajstić information content (AvgIpc) is 3.33. The molecule has 0 radical (unpaired) electrons. The van der Waals surface area contributed by atoms with Gasteiger partial charge in [-0.25, -0.2) is 0 Å². The van der Waals surface area contributed by atoms with Gasteiger partial charge in [0.15, 0.2) is 11.5 Å². The maximum Gasteiger partial charge on any atom is 0.246 e. The molecule has 1 amide bonds. The molecule has 0 spiro atoms. The number of nitrogens with zero attached hydrogens (tertiary/aromatic N) is 1. The fourth-order valence-electron chi connectivity index (χ4n) is 4.08. The lowest BCUT2D eigenvalue weighted by Crippen LogP contribution is -2.44. The summed E-state index contributed by atoms with van der Waals surface area (Å²) in [5, 5.41) is 0.611. The van der Waals surface area contributed by atoms with Gasteiger partial charge in [0.2, 0.25) is 5.91 Å². The zero-order valence-electron chi connectivity index (χ0n) is 19.8. The van der Waals surface area contributed by atoms with Crippen LogP contribution in [0.15, 0.2) is 48.5 Å². The quantitative estimate of drug-likeness (QED) is 0.444. The van der Waals surface area contributed by atoms with Crippen molar-refractivity contribution in [3.8, 4) is 11.5 Å². The maximum atomic E-state index is 13.2. The largest absolute Gasteiger partial charge is 0.493 e. The van der Waals surface area contributed by atoms with Gasteiger partial charge in [0, 0.05) is 36.2 Å². The summed E-state index contributed by atoms with van der Waals surface area (Å²) in [6, 6.07) is 13.3. The van der Waals surface area contributed by atoms with Crippen molar-refractivity contribution >= 4 is 23.6 Å². The Balaban J connectivity index is 1.50. The topological polar surface area (TPSA) is 57.2 Å². The van der Waals surface area contributed by atoms with Crippen molar-refractivity contribution in [3.05, 3.63) is 64.7 Å². The van der Waals surface area contributed by atoms with Gasteiger partial charge in [-0.1, -0.05) is 42.8 Å². The van der Waals surface area contributed by atoms with Crippen LogP contribution in [0, 0.1) is 5.41 Å². The van der Waals surface area contributed by atoms with Crippen LogP contribution in [0.25, 0.3) is 6.08 Å². The zero-order valence-corrected chi connectivity index (χ0v) is 20.6. The molecule has 0 saturated carbocycles. The van der Waals surface area contributed by atoms with Crippen LogP contribution in [-0.2, 0) is 20.8 Å². The molecule has 2 fully saturated rings. The lowest BCUT2D eigenvalue weighted by atomic mass is 9.90. The number of carbonyl (C=O) groups excluding carboxylic acids is 1. The number of methoxy groups -OCH3 is 1. The van der Waals surface area contributed by atoms with Crippen LogP contribution < -0.4 is 9.47 Å². The Morgan fingerprint density at radius 3 is 2.74 bits per heavy atom. The summed E-state index contributed by atoms with van der Waals surface area (Å²) in [6.45, 7) is 5.78. The van der Waals surface area contributed by atoms with E-state index in [-0.39, 0.29) is 17.4 Å². The molecule has 6 nitrogen and oxygen atoms in total. The highest BCUT2D eigenvalue weighted by Crippen LogP contribution is 2.33. The second-order valence-electron chi connectivity index (χ2n) is 9.29. The first-order valence-electron chi connectivity index (χ1n) is 11.7. The molecule has 2 aliphatic heterocycles. The number of ether oxygens (including phenoxy) is 4. The molecule has 2 aromatic carbocycles. The molecule has 0 aromatic heterocycles. The molecule has 0 bridgehead atoms. The molecule has 0 unspecified atom stereocenters. The van der Waals surface area contributed by atoms with Crippen LogP contribution >= 0.6 is 11.6 Å². The highest BCUT2D eigenvalue weighted by atomic mass is 35.5. The minimum Gasteiger partial charge on any atom is -0.493 e. The highest BCUT2D eigenvalue weighted by molar-refractivity contribution is 6.32. The monoisotopic (exact) mass is 485 g/mol. The molecular formula is C27H32ClNO5. The Hall–Kier alpha value is -2.54. The van der Waals surface area contributed by atoms with Crippen molar-refractivity contribution < 1.29 is 23.7 Å². The molecule has 4 rings (SSSR count). The standard InChI is InChI=1S/C27H32ClNO5/c1-27(17-32-18-27)19-34-25-14-20(9-11-24(25)31-2)15-29(16-22-7-5-13-33-22)26(30)12-10-21-6-3-4-8-23(21)28/h3-4,6,8-12,14,22H,5,7,13,15-19H2,1-2H3/b12-10+/t22-/m1/s1. The van der Waals surface area contributed by atoms with Crippen molar-refractivity contribution in [1.29, 1.82) is 0 Å². The lowest BCUT2D eigenvalue weighted by Gasteiger charge is -2.37. The van der Waals surface area contributed by atoms with Gasteiger partial charge in [-0.05, 0) is 48.2 Å². The second kappa shape index (κ2) is 11.3. The van der Waals surface area contributed by atoms with E-state index in [1.165, 1.54) is 0 Å². The van der Waals surface area contributed by atoms with Gasteiger partial charge in [-0.15, -0.1) is 0 Å². The summed E-state index contributed by atoms with van der Waals surface area (Å²) in [5.41, 5.74) is 1.79. The Morgan fingerprint density at radius 1 is 1.24 bits per heavy atom. The molecule has 2 heterocycles. The van der Waals surface area contributed by atoms with Crippen LogP contribution in [0.3, 0.4) is 0 Å². The minimum atomic E-state index is -0.0900. The third-order valence-corrected chi connectivity index (χ3v) is 6.49. The molecule has 0 N–H and O–H groups in total. The van der Waals surface area contributed by atoms with Crippen molar-refractivity contribution in [2.75, 3.05) is 40.1 Å². The van der Waals surface area contributed by atoms with Gasteiger partial charge in [0.1, 0.15) is 0 Å². The predicted octanol–water partition coefficient (Wildman–Crippen LogP) is 4.98. The molecule has 2 aliphatic rings. The number of halogens is 1. The summed E-state index contributed by atoms with van der Waals surface area (Å²) >= 11 is 6.25. The smallest absolute Gasteiger partial charge is 0.246 e. The van der Waals surface area contributed by atoms with E-state index in [0.717, 1.165) is 30.6 Å². The minimum absolute atomic E-state index is 0.0202. The molecular weight excluding hydrogens is 454 g/mol. The van der Waals surface area contributed by atoms with Crippen LogP contribution in [0.1, 0.15) is 30.9 Å². The van der Waals surface area contributed by atoms with Crippen LogP contribution in [-0.4, -0.2) is 57.0 Å². The van der Waals surface area contributed by atoms with E-state index in [9.17, 15) is 4.79 Å². The SMILES string of the molecule is COc1ccc(CN(C[C@H]2CCCO2)C(=O)/C=C/c2ccccc2Cl)cc1OCC1(C)COC1. The lowest BCUT2D eigenvalue weighted by molar-refractivity contribution is -0.128. The van der Waals surface area contributed by atoms with Gasteiger partial charge in [-0.3, -0.25) is 4.79 Å². The molecule has 182 valence electrons. The Kier molecular flexibility index (Phi) is 8.14. The van der Waals surface area contributed by atoms with Gasteiger partial charge in [0.05, 0.1) is 33.0 Å². The highest BCUT2D eigenvalue weighted by Gasteiger charge is 2.34. The summed E-state index contributed by atoms with van der Waals surface area (Å²) in [6.07, 6.45) is 5.36. The third-order valence-electron chi connectivity index (χ3n) is 6.15. The van der Waals surface area contributed by atoms with Gasteiger partial charge >= 0.3 is 0 Å². The number of hydrogen-bond donors (Lipinski definition) is 0. The molecule has 2 aromatic rings. The number of hydrogen-bond acceptors (Lipinski definition) is 5. The Labute approximate surface area is 206 Å². The first-order chi connectivity index (χ1) is 16.5. The first-order valence-corrected chi connectivity index (χ1v) is 12.0. The summed E-state index contributed by atoms with van der Waals surface area (Å²) in [7, 11) is 1.63. The van der Waals surface area contributed by atoms with Crippen LogP contribution in [0.4, 0.5) is 0 Å². The molecule has 1 atom stereocenters. The van der Waals surface area contributed by atoms with E-state index in [1.54, 1.807) is 19.3 Å². The van der Waals surface area contributed by atoms with Crippen molar-refractivity contribution in [3.63, 3.8) is 0 Å². The van der Waals surface area contributed by atoms with Crippen molar-refractivity contribution in [2.45, 2.75) is 32.4 Å². The van der Waals surface area contributed by atoms with Crippen molar-refractivity contribution in [1.82, 2.24) is 4.90 Å². The van der Waals surface area contributed by atoms with Crippen LogP contribution in [0.2, 0.25) is 5.02 Å². The molecule has 0 aliphatic carbocycles. The molecule has 34 heavy (non-hydrogen) atoms. The molecule has 7 heteroatoms. The van der Waals surface area contributed by atoms with E-state index in [4.69, 9.17) is 30.5 Å². The summed E-state index contributed by atoms with van der Waals surface area (Å²) in [5.74, 6) is 1.25. The zero-order chi connectivity index (χ0) is 24.0. The van der Waals surface area contributed by atoms with Gasteiger partial charge in [0.25, 0.3) is 0 Å². The van der Waals surface area contributed by atoms with E-state index < -0.39 is 0 Å². The fraction of sp³-hybridized carbons (Fsp3) is 0.444. The van der Waals surface area contributed by atoms with E-state index >= 15 is 0 Å². The number of carbonyl (C=O) groups is 1. The first kappa shape index (κ1) is 24.6. The number of benzene rings is 2. The maximum absolute atomic E-state index is 13.2. The van der Waals surface area contributed by atoms with E-state index in [0.29, 0.717) is 49.4 Å². The van der Waals surface area contributed by atoms with Crippen LogP contribution in [0.5, 0.6) is 11.5 Å². The fourth-order valence-corrected chi connectivity index (χ4v) is 4.28. The summed E-state index contributed by atoms with van der Waals surface area (Å²) in [4.78, 5) is 15.0. The Bertz CT molecular complexity index is 1010. The summed E-state index contributed by atoms with van der Waals surface area (Å²) < 4.78 is 22.7. The second-order valence-corrected chi connectivity index (χ2v) is 9.69. The van der Waals surface area contributed by atoms with Crippen molar-refractivity contribution in [2.24, 2.45) is 5.41 Å². The predicted molar refractivity (Wildman–Crippen MR) is 132 cm³/mol. The van der Waals surface area contributed by atoms with Gasteiger partial charge in [-0.2, -0.15) is 0 Å². The Morgan fingerprint density at radius 2 is 2.06 bits per heavy atom. The third kappa shape index (κ3) is 6.32. The average molecular weight is 486 g/mol. The molecule has 2 saturated heterocycles. The normalized spacial score (nSPS) is 19.1. The van der Waals surface area contributed by atoms with E-state index in [1.807, 2.05) is 47.4 Å². The number of amides is 1. The van der Waals surface area contributed by atoms with Gasteiger partial charge < -0.3 is 23.8 Å².